The summed E-state index contributed by atoms with van der Waals surface area (Å²) < 4.78 is 21.1. The molecule has 0 spiro atoms. The summed E-state index contributed by atoms with van der Waals surface area (Å²) in [5.41, 5.74) is 1.72. The van der Waals surface area contributed by atoms with Crippen molar-refractivity contribution < 1.29 is 28.5 Å². The summed E-state index contributed by atoms with van der Waals surface area (Å²) in [6.07, 6.45) is 0.637. The fourth-order valence-corrected chi connectivity index (χ4v) is 4.24. The van der Waals surface area contributed by atoms with Crippen LogP contribution in [0.2, 0.25) is 0 Å². The molecule has 0 unspecified atom stereocenters. The summed E-state index contributed by atoms with van der Waals surface area (Å²) >= 11 is 1.34. The van der Waals surface area contributed by atoms with Gasteiger partial charge in [0.2, 0.25) is 5.75 Å². The van der Waals surface area contributed by atoms with E-state index in [-0.39, 0.29) is 6.61 Å². The molecule has 0 bridgehead atoms. The van der Waals surface area contributed by atoms with Gasteiger partial charge in [0.25, 0.3) is 5.91 Å². The van der Waals surface area contributed by atoms with Gasteiger partial charge in [-0.15, -0.1) is 11.3 Å². The van der Waals surface area contributed by atoms with E-state index < -0.39 is 11.9 Å². The largest absolute Gasteiger partial charge is 0.493 e. The van der Waals surface area contributed by atoms with E-state index in [0.717, 1.165) is 10.4 Å². The second-order valence-corrected chi connectivity index (χ2v) is 7.84. The molecule has 0 aliphatic heterocycles. The van der Waals surface area contributed by atoms with Crippen LogP contribution in [0.1, 0.15) is 38.1 Å². The molecule has 3 rings (SSSR count). The Hall–Kier alpha value is -3.52. The van der Waals surface area contributed by atoms with Gasteiger partial charge in [-0.3, -0.25) is 4.79 Å². The number of esters is 1. The first-order chi connectivity index (χ1) is 15.5. The van der Waals surface area contributed by atoms with Crippen molar-refractivity contribution in [2.45, 2.75) is 13.3 Å². The Bertz CT molecular complexity index is 1070. The van der Waals surface area contributed by atoms with Crippen molar-refractivity contribution >= 4 is 28.2 Å². The molecule has 168 valence electrons. The van der Waals surface area contributed by atoms with E-state index in [1.165, 1.54) is 32.7 Å². The predicted octanol–water partition coefficient (Wildman–Crippen LogP) is 4.79. The first kappa shape index (κ1) is 23.1. The number of ether oxygens (including phenoxy) is 4. The van der Waals surface area contributed by atoms with E-state index in [0.29, 0.717) is 39.8 Å². The summed E-state index contributed by atoms with van der Waals surface area (Å²) in [4.78, 5) is 26.5. The van der Waals surface area contributed by atoms with Crippen molar-refractivity contribution in [3.05, 3.63) is 70.1 Å². The number of carbonyl (C=O) groups is 2. The fourth-order valence-electron chi connectivity index (χ4n) is 3.17. The maximum atomic E-state index is 13.0. The third-order valence-corrected chi connectivity index (χ3v) is 5.70. The molecule has 0 aliphatic carbocycles. The SMILES string of the molecule is CCOC(=O)c1cc(Cc2ccccc2)sc1NC(=O)c1cc(OC)c(OC)c(OC)c1. The van der Waals surface area contributed by atoms with Gasteiger partial charge in [0.05, 0.1) is 33.5 Å². The molecule has 0 aliphatic rings. The third-order valence-electron chi connectivity index (χ3n) is 4.65. The minimum atomic E-state index is -0.483. The number of benzene rings is 2. The zero-order valence-electron chi connectivity index (χ0n) is 18.4. The van der Waals surface area contributed by atoms with E-state index in [1.54, 1.807) is 25.1 Å². The molecule has 0 atom stereocenters. The second kappa shape index (κ2) is 10.7. The minimum Gasteiger partial charge on any atom is -0.493 e. The Labute approximate surface area is 190 Å². The van der Waals surface area contributed by atoms with Crippen molar-refractivity contribution in [1.82, 2.24) is 0 Å². The van der Waals surface area contributed by atoms with Crippen LogP contribution >= 0.6 is 11.3 Å². The molecule has 0 fully saturated rings. The lowest BCUT2D eigenvalue weighted by atomic mass is 10.1. The van der Waals surface area contributed by atoms with Gasteiger partial charge in [0.1, 0.15) is 5.00 Å². The Kier molecular flexibility index (Phi) is 7.72. The maximum Gasteiger partial charge on any atom is 0.341 e. The average molecular weight is 456 g/mol. The lowest BCUT2D eigenvalue weighted by Gasteiger charge is -2.14. The molecule has 32 heavy (non-hydrogen) atoms. The molecule has 1 aromatic heterocycles. The highest BCUT2D eigenvalue weighted by molar-refractivity contribution is 7.16. The molecule has 0 radical (unpaired) electrons. The molecule has 7 nitrogen and oxygen atoms in total. The highest BCUT2D eigenvalue weighted by Gasteiger charge is 2.22. The number of methoxy groups -OCH3 is 3. The van der Waals surface area contributed by atoms with Crippen LogP contribution < -0.4 is 19.5 Å². The van der Waals surface area contributed by atoms with E-state index in [1.807, 2.05) is 30.3 Å². The first-order valence-electron chi connectivity index (χ1n) is 9.95. The van der Waals surface area contributed by atoms with Gasteiger partial charge >= 0.3 is 5.97 Å². The van der Waals surface area contributed by atoms with E-state index >= 15 is 0 Å². The van der Waals surface area contributed by atoms with E-state index in [9.17, 15) is 9.59 Å². The van der Waals surface area contributed by atoms with Gasteiger partial charge in [0, 0.05) is 16.9 Å². The normalized spacial score (nSPS) is 10.4. The van der Waals surface area contributed by atoms with Crippen LogP contribution in [-0.4, -0.2) is 39.8 Å². The van der Waals surface area contributed by atoms with Crippen LogP contribution in [-0.2, 0) is 11.2 Å². The van der Waals surface area contributed by atoms with Gasteiger partial charge in [-0.05, 0) is 30.7 Å². The Balaban J connectivity index is 1.93. The number of rotatable bonds is 9. The number of anilines is 1. The summed E-state index contributed by atoms with van der Waals surface area (Å²) in [5.74, 6) is 0.211. The predicted molar refractivity (Wildman–Crippen MR) is 124 cm³/mol. The van der Waals surface area contributed by atoms with Crippen LogP contribution in [0.3, 0.4) is 0 Å². The summed E-state index contributed by atoms with van der Waals surface area (Å²) in [7, 11) is 4.45. The molecule has 1 amide bonds. The number of amides is 1. The molecule has 8 heteroatoms. The van der Waals surface area contributed by atoms with Crippen LogP contribution in [0.4, 0.5) is 5.00 Å². The van der Waals surface area contributed by atoms with Crippen LogP contribution in [0.25, 0.3) is 0 Å². The smallest absolute Gasteiger partial charge is 0.341 e. The third kappa shape index (κ3) is 5.20. The summed E-state index contributed by atoms with van der Waals surface area (Å²) in [5, 5.41) is 3.26. The molecular weight excluding hydrogens is 430 g/mol. The molecule has 2 aromatic carbocycles. The topological polar surface area (TPSA) is 83.1 Å². The van der Waals surface area contributed by atoms with Gasteiger partial charge in [-0.2, -0.15) is 0 Å². The van der Waals surface area contributed by atoms with E-state index in [2.05, 4.69) is 5.32 Å². The average Bonchev–Trinajstić information content (AvgIpc) is 3.20. The van der Waals surface area contributed by atoms with Crippen molar-refractivity contribution in [2.75, 3.05) is 33.3 Å². The number of hydrogen-bond acceptors (Lipinski definition) is 7. The Morgan fingerprint density at radius 1 is 0.938 bits per heavy atom. The molecule has 0 saturated heterocycles. The Morgan fingerprint density at radius 3 is 2.16 bits per heavy atom. The number of nitrogens with one attached hydrogen (secondary N) is 1. The zero-order valence-corrected chi connectivity index (χ0v) is 19.2. The van der Waals surface area contributed by atoms with Crippen molar-refractivity contribution in [2.24, 2.45) is 0 Å². The van der Waals surface area contributed by atoms with Crippen LogP contribution in [0.5, 0.6) is 17.2 Å². The van der Waals surface area contributed by atoms with Crippen molar-refractivity contribution in [3.8, 4) is 17.2 Å². The van der Waals surface area contributed by atoms with Crippen molar-refractivity contribution in [3.63, 3.8) is 0 Å². The summed E-state index contributed by atoms with van der Waals surface area (Å²) in [6, 6.07) is 14.8. The zero-order chi connectivity index (χ0) is 23.1. The van der Waals surface area contributed by atoms with Gasteiger partial charge < -0.3 is 24.3 Å². The summed E-state index contributed by atoms with van der Waals surface area (Å²) in [6.45, 7) is 1.98. The van der Waals surface area contributed by atoms with Gasteiger partial charge in [0.15, 0.2) is 11.5 Å². The van der Waals surface area contributed by atoms with Gasteiger partial charge in [-0.1, -0.05) is 30.3 Å². The fraction of sp³-hybridized carbons (Fsp3) is 0.250. The molecule has 3 aromatic rings. The first-order valence-corrected chi connectivity index (χ1v) is 10.8. The Morgan fingerprint density at radius 2 is 1.59 bits per heavy atom. The molecular formula is C24H25NO6S. The maximum absolute atomic E-state index is 13.0. The quantitative estimate of drug-likeness (QED) is 0.467. The molecule has 1 N–H and O–H groups in total. The number of hydrogen-bond donors (Lipinski definition) is 1. The van der Waals surface area contributed by atoms with E-state index in [4.69, 9.17) is 18.9 Å². The lowest BCUT2D eigenvalue weighted by molar-refractivity contribution is 0.0528. The number of thiophene rings is 1. The van der Waals surface area contributed by atoms with Crippen molar-refractivity contribution in [1.29, 1.82) is 0 Å². The number of carbonyl (C=O) groups excluding carboxylic acids is 2. The van der Waals surface area contributed by atoms with Crippen LogP contribution in [0, 0.1) is 0 Å². The highest BCUT2D eigenvalue weighted by atomic mass is 32.1. The second-order valence-electron chi connectivity index (χ2n) is 6.71. The monoisotopic (exact) mass is 455 g/mol. The van der Waals surface area contributed by atoms with Gasteiger partial charge in [-0.25, -0.2) is 4.79 Å². The minimum absolute atomic E-state index is 0.239. The molecule has 0 saturated carbocycles. The standard InChI is InChI=1S/C24H25NO6S/c1-5-31-24(27)18-14-17(11-15-9-7-6-8-10-15)32-23(18)25-22(26)16-12-19(28-2)21(30-4)20(13-16)29-3/h6-10,12-14H,5,11H2,1-4H3,(H,25,26). The van der Waals surface area contributed by atoms with Crippen LogP contribution in [0.15, 0.2) is 48.5 Å². The lowest BCUT2D eigenvalue weighted by Crippen LogP contribution is -2.14. The molecule has 1 heterocycles. The highest BCUT2D eigenvalue weighted by Crippen LogP contribution is 2.39.